The van der Waals surface area contributed by atoms with Crippen LogP contribution in [0.15, 0.2) is 27.9 Å². The molecular weight excluding hydrogens is 383 g/mol. The predicted molar refractivity (Wildman–Crippen MR) is 103 cm³/mol. The lowest BCUT2D eigenvalue weighted by atomic mass is 9.95. The number of halogens is 2. The van der Waals surface area contributed by atoms with Gasteiger partial charge in [0.25, 0.3) is 0 Å². The van der Waals surface area contributed by atoms with Gasteiger partial charge in [-0.1, -0.05) is 54.2 Å². The van der Waals surface area contributed by atoms with Crippen molar-refractivity contribution in [1.29, 1.82) is 0 Å². The van der Waals surface area contributed by atoms with Crippen LogP contribution in [0.5, 0.6) is 0 Å². The third-order valence-electron chi connectivity index (χ3n) is 3.99. The van der Waals surface area contributed by atoms with Gasteiger partial charge in [-0.3, -0.25) is 4.79 Å². The highest BCUT2D eigenvalue weighted by Crippen LogP contribution is 2.33. The first kappa shape index (κ1) is 18.1. The quantitative estimate of drug-likeness (QED) is 0.658. The van der Waals surface area contributed by atoms with E-state index in [9.17, 15) is 4.79 Å². The van der Waals surface area contributed by atoms with Gasteiger partial charge in [-0.05, 0) is 31.0 Å². The largest absolute Gasteiger partial charge is 0.353 e. The minimum Gasteiger partial charge on any atom is -0.353 e. The van der Waals surface area contributed by atoms with Crippen LogP contribution >= 0.6 is 46.3 Å². The van der Waals surface area contributed by atoms with Gasteiger partial charge in [-0.15, -0.1) is 11.3 Å². The van der Waals surface area contributed by atoms with Crippen LogP contribution < -0.4 is 5.32 Å². The number of carbonyl (C=O) groups is 1. The average molecular weight is 401 g/mol. The molecule has 0 spiro atoms. The van der Waals surface area contributed by atoms with Crippen molar-refractivity contribution in [3.8, 4) is 11.3 Å². The second kappa shape index (κ2) is 8.56. The van der Waals surface area contributed by atoms with Crippen LogP contribution in [0.3, 0.4) is 0 Å². The summed E-state index contributed by atoms with van der Waals surface area (Å²) in [5.41, 5.74) is 1.67. The Morgan fingerprint density at radius 1 is 1.29 bits per heavy atom. The molecule has 1 aliphatic rings. The van der Waals surface area contributed by atoms with Crippen LogP contribution in [0.4, 0.5) is 0 Å². The summed E-state index contributed by atoms with van der Waals surface area (Å²) in [5, 5.41) is 6.27. The number of nitrogens with one attached hydrogen (secondary N) is 1. The molecule has 1 amide bonds. The van der Waals surface area contributed by atoms with Crippen molar-refractivity contribution >= 4 is 52.2 Å². The Balaban J connectivity index is 1.55. The fourth-order valence-electron chi connectivity index (χ4n) is 2.79. The number of nitrogens with zero attached hydrogens (tertiary/aromatic N) is 1. The van der Waals surface area contributed by atoms with Gasteiger partial charge in [-0.2, -0.15) is 0 Å². The third-order valence-corrected chi connectivity index (χ3v) is 6.56. The molecule has 1 aromatic heterocycles. The Morgan fingerprint density at radius 3 is 2.83 bits per heavy atom. The van der Waals surface area contributed by atoms with Crippen molar-refractivity contribution in [2.75, 3.05) is 5.75 Å². The molecule has 24 heavy (non-hydrogen) atoms. The van der Waals surface area contributed by atoms with E-state index in [0.29, 0.717) is 21.8 Å². The number of hydrogen-bond acceptors (Lipinski definition) is 4. The lowest BCUT2D eigenvalue weighted by Crippen LogP contribution is -2.37. The first-order valence-electron chi connectivity index (χ1n) is 7.95. The number of benzene rings is 1. The molecule has 2 aromatic rings. The molecule has 1 aromatic carbocycles. The van der Waals surface area contributed by atoms with Gasteiger partial charge in [0, 0.05) is 22.0 Å². The van der Waals surface area contributed by atoms with E-state index in [4.69, 9.17) is 23.2 Å². The van der Waals surface area contributed by atoms with Crippen molar-refractivity contribution in [3.63, 3.8) is 0 Å². The van der Waals surface area contributed by atoms with E-state index in [1.807, 2.05) is 11.4 Å². The van der Waals surface area contributed by atoms with E-state index in [2.05, 4.69) is 10.3 Å². The van der Waals surface area contributed by atoms with Crippen molar-refractivity contribution in [2.45, 2.75) is 42.5 Å². The van der Waals surface area contributed by atoms with E-state index in [1.165, 1.54) is 42.4 Å². The molecule has 1 saturated carbocycles. The smallest absolute Gasteiger partial charge is 0.230 e. The van der Waals surface area contributed by atoms with Crippen molar-refractivity contribution in [2.24, 2.45) is 0 Å². The molecular formula is C17H18Cl2N2OS2. The molecule has 0 radical (unpaired) electrons. The number of thioether (sulfide) groups is 1. The van der Waals surface area contributed by atoms with E-state index in [1.54, 1.807) is 12.1 Å². The molecule has 7 heteroatoms. The minimum atomic E-state index is 0.0909. The zero-order valence-electron chi connectivity index (χ0n) is 13.1. The van der Waals surface area contributed by atoms with E-state index < -0.39 is 0 Å². The molecule has 1 heterocycles. The molecule has 0 aliphatic heterocycles. The summed E-state index contributed by atoms with van der Waals surface area (Å²) >= 11 is 15.1. The number of carbonyl (C=O) groups excluding carboxylic acids is 1. The van der Waals surface area contributed by atoms with Crippen LogP contribution in [-0.4, -0.2) is 22.7 Å². The number of hydrogen-bond donors (Lipinski definition) is 1. The van der Waals surface area contributed by atoms with E-state index in [-0.39, 0.29) is 5.91 Å². The second-order valence-corrected chi connectivity index (χ2v) is 8.74. The molecule has 3 rings (SSSR count). The van der Waals surface area contributed by atoms with Gasteiger partial charge >= 0.3 is 0 Å². The maximum Gasteiger partial charge on any atom is 0.230 e. The molecule has 0 saturated heterocycles. The number of amides is 1. The van der Waals surface area contributed by atoms with Gasteiger partial charge in [0.15, 0.2) is 4.34 Å². The zero-order valence-corrected chi connectivity index (χ0v) is 16.2. The van der Waals surface area contributed by atoms with Crippen LogP contribution in [0.2, 0.25) is 10.0 Å². The topological polar surface area (TPSA) is 42.0 Å². The van der Waals surface area contributed by atoms with Gasteiger partial charge < -0.3 is 5.32 Å². The Bertz CT molecular complexity index is 714. The van der Waals surface area contributed by atoms with Gasteiger partial charge in [0.1, 0.15) is 0 Å². The van der Waals surface area contributed by atoms with Gasteiger partial charge in [0.2, 0.25) is 5.91 Å². The molecule has 128 valence electrons. The van der Waals surface area contributed by atoms with Gasteiger partial charge in [0.05, 0.1) is 16.5 Å². The molecule has 0 bridgehead atoms. The molecule has 3 nitrogen and oxygen atoms in total. The highest BCUT2D eigenvalue weighted by atomic mass is 35.5. The van der Waals surface area contributed by atoms with Crippen LogP contribution in [0, 0.1) is 0 Å². The molecule has 0 unspecified atom stereocenters. The Hall–Kier alpha value is -0.750. The standard InChI is InChI=1S/C17H18Cl2N2OS2/c18-11-6-7-13(14(19)8-11)15-9-23-17(21-15)24-10-16(22)20-12-4-2-1-3-5-12/h6-9,12H,1-5,10H2,(H,20,22). The molecule has 1 fully saturated rings. The fraction of sp³-hybridized carbons (Fsp3) is 0.412. The summed E-state index contributed by atoms with van der Waals surface area (Å²) in [6.07, 6.45) is 5.93. The summed E-state index contributed by atoms with van der Waals surface area (Å²) in [4.78, 5) is 16.6. The summed E-state index contributed by atoms with van der Waals surface area (Å²) in [5.74, 6) is 0.492. The van der Waals surface area contributed by atoms with Crippen molar-refractivity contribution in [1.82, 2.24) is 10.3 Å². The Labute approximate surface area is 160 Å². The number of rotatable bonds is 5. The van der Waals surface area contributed by atoms with Crippen LogP contribution in [0.1, 0.15) is 32.1 Å². The summed E-state index contributed by atoms with van der Waals surface area (Å²) in [7, 11) is 0. The molecule has 1 N–H and O–H groups in total. The average Bonchev–Trinajstić information content (AvgIpc) is 3.02. The Morgan fingerprint density at radius 2 is 2.08 bits per heavy atom. The first-order valence-corrected chi connectivity index (χ1v) is 10.6. The van der Waals surface area contributed by atoms with Gasteiger partial charge in [-0.25, -0.2) is 4.98 Å². The van der Waals surface area contributed by atoms with Crippen LogP contribution in [0.25, 0.3) is 11.3 Å². The lowest BCUT2D eigenvalue weighted by molar-refractivity contribution is -0.119. The summed E-state index contributed by atoms with van der Waals surface area (Å²) in [6.45, 7) is 0. The maximum absolute atomic E-state index is 12.1. The normalized spacial score (nSPS) is 15.4. The molecule has 1 aliphatic carbocycles. The minimum absolute atomic E-state index is 0.0909. The fourth-order valence-corrected chi connectivity index (χ4v) is 4.93. The van der Waals surface area contributed by atoms with E-state index >= 15 is 0 Å². The van der Waals surface area contributed by atoms with Crippen molar-refractivity contribution < 1.29 is 4.79 Å². The number of aromatic nitrogens is 1. The highest BCUT2D eigenvalue weighted by Gasteiger charge is 2.16. The summed E-state index contributed by atoms with van der Waals surface area (Å²) in [6, 6.07) is 5.73. The second-order valence-electron chi connectivity index (χ2n) is 5.81. The third kappa shape index (κ3) is 4.88. The number of thiazole rings is 1. The predicted octanol–water partition coefficient (Wildman–Crippen LogP) is 5.66. The van der Waals surface area contributed by atoms with Crippen molar-refractivity contribution in [3.05, 3.63) is 33.6 Å². The monoisotopic (exact) mass is 400 g/mol. The highest BCUT2D eigenvalue weighted by molar-refractivity contribution is 8.01. The lowest BCUT2D eigenvalue weighted by Gasteiger charge is -2.22. The van der Waals surface area contributed by atoms with E-state index in [0.717, 1.165) is 28.4 Å². The van der Waals surface area contributed by atoms with Crippen LogP contribution in [-0.2, 0) is 4.79 Å². The zero-order chi connectivity index (χ0) is 16.9. The maximum atomic E-state index is 12.1. The SMILES string of the molecule is O=C(CSc1nc(-c2ccc(Cl)cc2Cl)cs1)NC1CCCCC1. The Kier molecular flexibility index (Phi) is 6.44. The molecule has 0 atom stereocenters. The summed E-state index contributed by atoms with van der Waals surface area (Å²) < 4.78 is 0.870. The first-order chi connectivity index (χ1) is 11.6.